The van der Waals surface area contributed by atoms with Crippen LogP contribution in [0.2, 0.25) is 0 Å². The van der Waals surface area contributed by atoms with Gasteiger partial charge < -0.3 is 25.4 Å². The maximum atomic E-state index is 14.3. The van der Waals surface area contributed by atoms with Crippen LogP contribution in [0.15, 0.2) is 60.0 Å². The summed E-state index contributed by atoms with van der Waals surface area (Å²) < 4.78 is 25.4. The number of carbonyl (C=O) groups is 2. The zero-order valence-electron chi connectivity index (χ0n) is 17.4. The molecule has 5 rings (SSSR count). The van der Waals surface area contributed by atoms with Crippen LogP contribution in [0.4, 0.5) is 21.8 Å². The van der Waals surface area contributed by atoms with Crippen molar-refractivity contribution in [2.45, 2.75) is 18.9 Å². The fraction of sp³-hybridized carbons (Fsp3) is 0.217. The number of ketones is 1. The summed E-state index contributed by atoms with van der Waals surface area (Å²) in [6.45, 7) is 0.907. The molecule has 1 aliphatic heterocycles. The average molecular weight is 449 g/mol. The molecule has 0 bridgehead atoms. The first-order valence-electron chi connectivity index (χ1n) is 10.5. The number of carbonyl (C=O) groups excluding carboxylic acids is 2. The van der Waals surface area contributed by atoms with Crippen molar-refractivity contribution in [1.82, 2.24) is 15.3 Å². The van der Waals surface area contributed by atoms with E-state index in [0.717, 1.165) is 19.0 Å². The van der Waals surface area contributed by atoms with Crippen LogP contribution < -0.4 is 25.4 Å². The normalized spacial score (nSPS) is 18.0. The Bertz CT molecular complexity index is 1220. The molecule has 10 heteroatoms. The van der Waals surface area contributed by atoms with E-state index in [-0.39, 0.29) is 35.0 Å². The largest absolute Gasteiger partial charge is 0.486 e. The lowest BCUT2D eigenvalue weighted by Gasteiger charge is -2.19. The van der Waals surface area contributed by atoms with Gasteiger partial charge in [-0.2, -0.15) is 4.98 Å². The number of halogens is 1. The molecule has 0 unspecified atom stereocenters. The van der Waals surface area contributed by atoms with E-state index in [0.29, 0.717) is 30.4 Å². The van der Waals surface area contributed by atoms with Crippen molar-refractivity contribution >= 4 is 29.1 Å². The summed E-state index contributed by atoms with van der Waals surface area (Å²) in [7, 11) is 0. The minimum absolute atomic E-state index is 0.0214. The van der Waals surface area contributed by atoms with Gasteiger partial charge in [-0.25, -0.2) is 9.37 Å². The van der Waals surface area contributed by atoms with E-state index in [2.05, 4.69) is 25.9 Å². The summed E-state index contributed by atoms with van der Waals surface area (Å²) >= 11 is 0. The Balaban J connectivity index is 1.30. The van der Waals surface area contributed by atoms with Gasteiger partial charge in [-0.1, -0.05) is 12.2 Å². The molecule has 3 aliphatic rings. The Hall–Kier alpha value is -4.21. The molecule has 168 valence electrons. The number of ether oxygens (including phenoxy) is 2. The Labute approximate surface area is 188 Å². The van der Waals surface area contributed by atoms with Crippen LogP contribution in [-0.2, 0) is 9.59 Å². The van der Waals surface area contributed by atoms with E-state index in [9.17, 15) is 14.0 Å². The van der Waals surface area contributed by atoms with Gasteiger partial charge >= 0.3 is 0 Å². The molecule has 1 aromatic heterocycles. The van der Waals surface area contributed by atoms with Crippen LogP contribution in [0, 0.1) is 5.82 Å². The molecule has 1 fully saturated rings. The number of benzene rings is 1. The SMILES string of the molecule is O=C(C=C1C=CC=C(Nc2ncc(F)c(Nc3ccc4c(c3)OCCO4)n2)C1=O)NC1CC1. The van der Waals surface area contributed by atoms with E-state index >= 15 is 0 Å². The molecule has 1 aromatic carbocycles. The minimum atomic E-state index is -0.670. The lowest BCUT2D eigenvalue weighted by atomic mass is 10.0. The highest BCUT2D eigenvalue weighted by Crippen LogP contribution is 2.33. The molecule has 2 aromatic rings. The Morgan fingerprint density at radius 3 is 2.79 bits per heavy atom. The quantitative estimate of drug-likeness (QED) is 0.577. The monoisotopic (exact) mass is 449 g/mol. The number of fused-ring (bicyclic) bond motifs is 1. The first-order valence-corrected chi connectivity index (χ1v) is 10.5. The van der Waals surface area contributed by atoms with Crippen molar-refractivity contribution in [1.29, 1.82) is 0 Å². The number of rotatable bonds is 6. The number of anilines is 3. The molecule has 0 radical (unpaired) electrons. The third kappa shape index (κ3) is 4.84. The van der Waals surface area contributed by atoms with Gasteiger partial charge in [0.15, 0.2) is 23.1 Å². The summed E-state index contributed by atoms with van der Waals surface area (Å²) in [6, 6.07) is 5.31. The van der Waals surface area contributed by atoms with E-state index in [4.69, 9.17) is 9.47 Å². The number of aromatic nitrogens is 2. The summed E-state index contributed by atoms with van der Waals surface area (Å²) in [5.74, 6) is -0.266. The number of Topliss-reactive ketones (excluding diaryl/α,β-unsaturated/α-hetero) is 1. The molecule has 0 spiro atoms. The number of amides is 1. The third-order valence-electron chi connectivity index (χ3n) is 5.05. The summed E-state index contributed by atoms with van der Waals surface area (Å²) in [6.07, 6.45) is 8.91. The van der Waals surface area contributed by atoms with Gasteiger partial charge in [0.25, 0.3) is 0 Å². The number of nitrogens with one attached hydrogen (secondary N) is 3. The second-order valence-corrected chi connectivity index (χ2v) is 7.65. The summed E-state index contributed by atoms with van der Waals surface area (Å²) in [4.78, 5) is 32.8. The van der Waals surface area contributed by atoms with Gasteiger partial charge in [0.1, 0.15) is 13.2 Å². The van der Waals surface area contributed by atoms with Crippen molar-refractivity contribution in [3.8, 4) is 11.5 Å². The van der Waals surface area contributed by atoms with Gasteiger partial charge in [-0.05, 0) is 31.1 Å². The second kappa shape index (κ2) is 8.73. The lowest BCUT2D eigenvalue weighted by Crippen LogP contribution is -2.25. The van der Waals surface area contributed by atoms with Gasteiger partial charge in [-0.15, -0.1) is 0 Å². The van der Waals surface area contributed by atoms with Crippen molar-refractivity contribution in [3.63, 3.8) is 0 Å². The van der Waals surface area contributed by atoms with E-state index in [1.807, 2.05) is 0 Å². The second-order valence-electron chi connectivity index (χ2n) is 7.65. The highest BCUT2D eigenvalue weighted by atomic mass is 19.1. The maximum Gasteiger partial charge on any atom is 0.244 e. The Morgan fingerprint density at radius 2 is 1.97 bits per heavy atom. The molecule has 3 N–H and O–H groups in total. The molecular formula is C23H20FN5O4. The molecule has 1 amide bonds. The topological polar surface area (TPSA) is 114 Å². The highest BCUT2D eigenvalue weighted by Gasteiger charge is 2.24. The molecule has 1 saturated carbocycles. The van der Waals surface area contributed by atoms with Crippen LogP contribution in [0.5, 0.6) is 11.5 Å². The molecular weight excluding hydrogens is 429 g/mol. The van der Waals surface area contributed by atoms with Crippen LogP contribution in [0.3, 0.4) is 0 Å². The smallest absolute Gasteiger partial charge is 0.244 e. The van der Waals surface area contributed by atoms with E-state index < -0.39 is 11.6 Å². The third-order valence-corrected chi connectivity index (χ3v) is 5.05. The van der Waals surface area contributed by atoms with Crippen molar-refractivity contribution < 1.29 is 23.5 Å². The first kappa shape index (κ1) is 20.7. The van der Waals surface area contributed by atoms with Crippen molar-refractivity contribution in [3.05, 3.63) is 65.8 Å². The van der Waals surface area contributed by atoms with Gasteiger partial charge in [0, 0.05) is 29.4 Å². The van der Waals surface area contributed by atoms with Crippen LogP contribution in [0.1, 0.15) is 12.8 Å². The molecule has 2 aliphatic carbocycles. The van der Waals surface area contributed by atoms with Crippen LogP contribution in [-0.4, -0.2) is 40.9 Å². The molecule has 9 nitrogen and oxygen atoms in total. The van der Waals surface area contributed by atoms with E-state index in [1.54, 1.807) is 36.4 Å². The molecule has 33 heavy (non-hydrogen) atoms. The predicted molar refractivity (Wildman–Crippen MR) is 118 cm³/mol. The van der Waals surface area contributed by atoms with Crippen LogP contribution in [0.25, 0.3) is 0 Å². The van der Waals surface area contributed by atoms with Crippen molar-refractivity contribution in [2.24, 2.45) is 0 Å². The first-order chi connectivity index (χ1) is 16.0. The van der Waals surface area contributed by atoms with Crippen molar-refractivity contribution in [2.75, 3.05) is 23.8 Å². The van der Waals surface area contributed by atoms with Gasteiger partial charge in [0.05, 0.1) is 11.9 Å². The standard InChI is InChI=1S/C23H20FN5O4/c24-16-12-25-23(29-22(16)27-15-6-7-18-19(11-15)33-9-8-32-18)28-17-3-1-2-13(21(17)31)10-20(30)26-14-4-5-14/h1-3,6-7,10-12,14H,4-5,8-9H2,(H,26,30)(H2,25,27,28,29). The van der Waals surface area contributed by atoms with Crippen LogP contribution >= 0.6 is 0 Å². The number of allylic oxidation sites excluding steroid dienone is 4. The molecule has 0 saturated heterocycles. The minimum Gasteiger partial charge on any atom is -0.486 e. The summed E-state index contributed by atoms with van der Waals surface area (Å²) in [5.41, 5.74) is 0.945. The van der Waals surface area contributed by atoms with Gasteiger partial charge in [0.2, 0.25) is 17.6 Å². The highest BCUT2D eigenvalue weighted by molar-refractivity contribution is 6.15. The Morgan fingerprint density at radius 1 is 1.15 bits per heavy atom. The Kier molecular flexibility index (Phi) is 5.47. The van der Waals surface area contributed by atoms with Gasteiger partial charge in [-0.3, -0.25) is 9.59 Å². The molecule has 0 atom stereocenters. The predicted octanol–water partition coefficient (Wildman–Crippen LogP) is 2.77. The fourth-order valence-electron chi connectivity index (χ4n) is 3.27. The zero-order valence-corrected chi connectivity index (χ0v) is 17.4. The molecule has 2 heterocycles. The maximum absolute atomic E-state index is 14.3. The fourth-order valence-corrected chi connectivity index (χ4v) is 3.27. The summed E-state index contributed by atoms with van der Waals surface area (Å²) in [5, 5.41) is 8.50. The number of hydrogen-bond donors (Lipinski definition) is 3. The van der Waals surface area contributed by atoms with E-state index in [1.165, 1.54) is 6.08 Å². The lowest BCUT2D eigenvalue weighted by molar-refractivity contribution is -0.117. The number of nitrogens with zero attached hydrogens (tertiary/aromatic N) is 2. The average Bonchev–Trinajstić information content (AvgIpc) is 3.62. The zero-order chi connectivity index (χ0) is 22.8. The number of hydrogen-bond acceptors (Lipinski definition) is 8.